The quantitative estimate of drug-likeness (QED) is 0.645. The number of hydrogen-bond acceptors (Lipinski definition) is 5. The van der Waals surface area contributed by atoms with Crippen molar-refractivity contribution in [1.82, 2.24) is 20.0 Å². The maximum atomic E-state index is 13.2. The van der Waals surface area contributed by atoms with Gasteiger partial charge < -0.3 is 19.7 Å². The molecule has 0 saturated carbocycles. The van der Waals surface area contributed by atoms with Gasteiger partial charge in [0.25, 0.3) is 11.8 Å². The second kappa shape index (κ2) is 9.13. The van der Waals surface area contributed by atoms with Gasteiger partial charge >= 0.3 is 0 Å². The minimum absolute atomic E-state index is 0.129. The molecule has 0 saturated heterocycles. The van der Waals surface area contributed by atoms with E-state index in [2.05, 4.69) is 10.4 Å². The molecule has 2 amide bonds. The van der Waals surface area contributed by atoms with Gasteiger partial charge in [0.1, 0.15) is 0 Å². The minimum atomic E-state index is -0.244. The van der Waals surface area contributed by atoms with E-state index in [0.29, 0.717) is 48.8 Å². The first-order chi connectivity index (χ1) is 15.5. The molecule has 32 heavy (non-hydrogen) atoms. The van der Waals surface area contributed by atoms with E-state index >= 15 is 0 Å². The van der Waals surface area contributed by atoms with E-state index in [9.17, 15) is 9.59 Å². The van der Waals surface area contributed by atoms with Crippen LogP contribution in [0.4, 0.5) is 0 Å². The Hall–Kier alpha value is -3.81. The molecule has 0 radical (unpaired) electrons. The molecule has 166 valence electrons. The summed E-state index contributed by atoms with van der Waals surface area (Å²) in [5.74, 6) is 0.690. The van der Waals surface area contributed by atoms with Crippen molar-refractivity contribution in [3.05, 3.63) is 76.6 Å². The van der Waals surface area contributed by atoms with Crippen LogP contribution in [-0.2, 0) is 26.6 Å². The third-order valence-electron chi connectivity index (χ3n) is 5.67. The van der Waals surface area contributed by atoms with Gasteiger partial charge in [-0.2, -0.15) is 5.10 Å². The molecule has 0 bridgehead atoms. The maximum absolute atomic E-state index is 13.2. The Bertz CT molecular complexity index is 1140. The van der Waals surface area contributed by atoms with Gasteiger partial charge in [0.2, 0.25) is 0 Å². The lowest BCUT2D eigenvalue weighted by atomic mass is 10.0. The highest BCUT2D eigenvalue weighted by Gasteiger charge is 2.30. The standard InChI is InChI=1S/C24H26N4O4/c1-27-19-11-12-28(24(30)17-9-10-20(31-2)21(13-17)32-3)15-18(19)22(26-27)23(29)25-14-16-7-5-4-6-8-16/h4-10,13H,11-12,14-15H2,1-3H3,(H,25,29). The lowest BCUT2D eigenvalue weighted by Crippen LogP contribution is -2.37. The van der Waals surface area contributed by atoms with E-state index in [0.717, 1.165) is 16.8 Å². The molecule has 1 N–H and O–H groups in total. The molecule has 8 nitrogen and oxygen atoms in total. The number of amides is 2. The van der Waals surface area contributed by atoms with Crippen LogP contribution in [0.5, 0.6) is 11.5 Å². The van der Waals surface area contributed by atoms with E-state index in [1.807, 2.05) is 37.4 Å². The average molecular weight is 434 g/mol. The number of rotatable bonds is 6. The number of aromatic nitrogens is 2. The van der Waals surface area contributed by atoms with Crippen molar-refractivity contribution in [1.29, 1.82) is 0 Å². The molecule has 0 aliphatic carbocycles. The number of hydrogen-bond donors (Lipinski definition) is 1. The van der Waals surface area contributed by atoms with Crippen LogP contribution in [0.2, 0.25) is 0 Å². The van der Waals surface area contributed by atoms with E-state index in [-0.39, 0.29) is 11.8 Å². The highest BCUT2D eigenvalue weighted by molar-refractivity contribution is 5.96. The molecule has 4 rings (SSSR count). The Labute approximate surface area is 186 Å². The summed E-state index contributed by atoms with van der Waals surface area (Å²) in [5, 5.41) is 7.38. The predicted molar refractivity (Wildman–Crippen MR) is 119 cm³/mol. The predicted octanol–water partition coefficient (Wildman–Crippen LogP) is 2.57. The third kappa shape index (κ3) is 4.16. The fourth-order valence-electron chi connectivity index (χ4n) is 3.96. The molecular formula is C24H26N4O4. The Kier molecular flexibility index (Phi) is 6.11. The summed E-state index contributed by atoms with van der Waals surface area (Å²) in [4.78, 5) is 27.8. The Morgan fingerprint density at radius 2 is 1.81 bits per heavy atom. The molecule has 1 aliphatic rings. The fourth-order valence-corrected chi connectivity index (χ4v) is 3.96. The second-order valence-corrected chi connectivity index (χ2v) is 7.61. The van der Waals surface area contributed by atoms with Gasteiger partial charge in [0.05, 0.1) is 20.8 Å². The van der Waals surface area contributed by atoms with Crippen molar-refractivity contribution in [2.45, 2.75) is 19.5 Å². The van der Waals surface area contributed by atoms with Crippen LogP contribution < -0.4 is 14.8 Å². The lowest BCUT2D eigenvalue weighted by Gasteiger charge is -2.28. The fraction of sp³-hybridized carbons (Fsp3) is 0.292. The highest BCUT2D eigenvalue weighted by atomic mass is 16.5. The number of carbonyl (C=O) groups excluding carboxylic acids is 2. The minimum Gasteiger partial charge on any atom is -0.493 e. The van der Waals surface area contributed by atoms with Crippen molar-refractivity contribution in [2.75, 3.05) is 20.8 Å². The van der Waals surface area contributed by atoms with Crippen molar-refractivity contribution in [3.8, 4) is 11.5 Å². The lowest BCUT2D eigenvalue weighted by molar-refractivity contribution is 0.0730. The van der Waals surface area contributed by atoms with Crippen LogP contribution in [0.25, 0.3) is 0 Å². The number of carbonyl (C=O) groups is 2. The Morgan fingerprint density at radius 3 is 2.53 bits per heavy atom. The number of methoxy groups -OCH3 is 2. The van der Waals surface area contributed by atoms with Crippen LogP contribution in [0.3, 0.4) is 0 Å². The number of nitrogens with one attached hydrogen (secondary N) is 1. The zero-order chi connectivity index (χ0) is 22.7. The number of benzene rings is 2. The summed E-state index contributed by atoms with van der Waals surface area (Å²) < 4.78 is 12.3. The average Bonchev–Trinajstić information content (AvgIpc) is 3.18. The van der Waals surface area contributed by atoms with E-state index in [1.54, 1.807) is 34.9 Å². The summed E-state index contributed by atoms with van der Waals surface area (Å²) in [7, 11) is 4.92. The Morgan fingerprint density at radius 1 is 1.06 bits per heavy atom. The largest absolute Gasteiger partial charge is 0.493 e. The van der Waals surface area contributed by atoms with Gasteiger partial charge in [-0.05, 0) is 23.8 Å². The normalized spacial score (nSPS) is 12.8. The van der Waals surface area contributed by atoms with Gasteiger partial charge in [-0.1, -0.05) is 30.3 Å². The van der Waals surface area contributed by atoms with Crippen LogP contribution in [-0.4, -0.2) is 47.3 Å². The van der Waals surface area contributed by atoms with Crippen molar-refractivity contribution < 1.29 is 19.1 Å². The summed E-state index contributed by atoms with van der Waals surface area (Å²) >= 11 is 0. The molecule has 2 heterocycles. The van der Waals surface area contributed by atoms with Crippen LogP contribution in [0.15, 0.2) is 48.5 Å². The molecule has 8 heteroatoms. The molecule has 1 aliphatic heterocycles. The topological polar surface area (TPSA) is 85.7 Å². The third-order valence-corrected chi connectivity index (χ3v) is 5.67. The first-order valence-electron chi connectivity index (χ1n) is 10.4. The van der Waals surface area contributed by atoms with Crippen molar-refractivity contribution >= 4 is 11.8 Å². The number of nitrogens with zero attached hydrogens (tertiary/aromatic N) is 3. The summed E-state index contributed by atoms with van der Waals surface area (Å²) in [6.07, 6.45) is 0.629. The molecule has 3 aromatic rings. The SMILES string of the molecule is COc1ccc(C(=O)N2CCc3c(c(C(=O)NCc4ccccc4)nn3C)C2)cc1OC. The van der Waals surface area contributed by atoms with Gasteiger partial charge in [-0.3, -0.25) is 14.3 Å². The zero-order valence-electron chi connectivity index (χ0n) is 18.4. The summed E-state index contributed by atoms with van der Waals surface area (Å²) in [6.45, 7) is 1.29. The van der Waals surface area contributed by atoms with Crippen LogP contribution >= 0.6 is 0 Å². The van der Waals surface area contributed by atoms with Crippen molar-refractivity contribution in [3.63, 3.8) is 0 Å². The van der Waals surface area contributed by atoms with Gasteiger partial charge in [-0.15, -0.1) is 0 Å². The van der Waals surface area contributed by atoms with Crippen LogP contribution in [0.1, 0.15) is 37.7 Å². The van der Waals surface area contributed by atoms with E-state index < -0.39 is 0 Å². The molecule has 0 atom stereocenters. The maximum Gasteiger partial charge on any atom is 0.272 e. The molecule has 2 aromatic carbocycles. The zero-order valence-corrected chi connectivity index (χ0v) is 18.4. The first kappa shape index (κ1) is 21.4. The number of aryl methyl sites for hydroxylation is 1. The molecular weight excluding hydrogens is 408 g/mol. The Balaban J connectivity index is 1.53. The first-order valence-corrected chi connectivity index (χ1v) is 10.4. The highest BCUT2D eigenvalue weighted by Crippen LogP contribution is 2.29. The van der Waals surface area contributed by atoms with Crippen molar-refractivity contribution in [2.24, 2.45) is 7.05 Å². The number of ether oxygens (including phenoxy) is 2. The van der Waals surface area contributed by atoms with E-state index in [4.69, 9.17) is 9.47 Å². The van der Waals surface area contributed by atoms with Gasteiger partial charge in [0.15, 0.2) is 17.2 Å². The smallest absolute Gasteiger partial charge is 0.272 e. The molecule has 0 spiro atoms. The van der Waals surface area contributed by atoms with Crippen LogP contribution in [0, 0.1) is 0 Å². The summed E-state index contributed by atoms with van der Waals surface area (Å²) in [6, 6.07) is 14.8. The molecule has 1 aromatic heterocycles. The second-order valence-electron chi connectivity index (χ2n) is 7.61. The number of fused-ring (bicyclic) bond motifs is 1. The molecule has 0 unspecified atom stereocenters. The monoisotopic (exact) mass is 434 g/mol. The van der Waals surface area contributed by atoms with Gasteiger partial charge in [0, 0.05) is 43.4 Å². The van der Waals surface area contributed by atoms with E-state index in [1.165, 1.54) is 7.11 Å². The van der Waals surface area contributed by atoms with Gasteiger partial charge in [-0.25, -0.2) is 0 Å². The summed E-state index contributed by atoms with van der Waals surface area (Å²) in [5.41, 5.74) is 3.65. The molecule has 0 fully saturated rings.